The van der Waals surface area contributed by atoms with Crippen LogP contribution < -0.4 is 15.8 Å². The first kappa shape index (κ1) is 19.1. The minimum Gasteiger partial charge on any atom is -0.379 e. The smallest absolute Gasteiger partial charge is 0.252 e. The Labute approximate surface area is 158 Å². The molecule has 1 fully saturated rings. The summed E-state index contributed by atoms with van der Waals surface area (Å²) < 4.78 is 5.47. The summed E-state index contributed by atoms with van der Waals surface area (Å²) in [5.74, 6) is -0.200. The van der Waals surface area contributed by atoms with Crippen molar-refractivity contribution in [3.8, 4) is 0 Å². The first-order chi connectivity index (χ1) is 13.0. The molecule has 2 heterocycles. The summed E-state index contributed by atoms with van der Waals surface area (Å²) in [6.07, 6.45) is 1.44. The second kappa shape index (κ2) is 8.83. The van der Waals surface area contributed by atoms with Crippen molar-refractivity contribution in [2.45, 2.75) is 6.04 Å². The Kier molecular flexibility index (Phi) is 6.26. The first-order valence-corrected chi connectivity index (χ1v) is 9.10. The number of hydrogen-bond acceptors (Lipinski definition) is 5. The number of nitrogens with one attached hydrogen (secondary N) is 2. The number of carbonyl (C=O) groups excluding carboxylic acids is 1. The molecule has 1 amide bonds. The van der Waals surface area contributed by atoms with Gasteiger partial charge in [-0.25, -0.2) is 0 Å². The van der Waals surface area contributed by atoms with Gasteiger partial charge in [0.15, 0.2) is 0 Å². The van der Waals surface area contributed by atoms with Crippen LogP contribution in [0.3, 0.4) is 0 Å². The molecule has 1 unspecified atom stereocenters. The minimum atomic E-state index is -0.223. The van der Waals surface area contributed by atoms with Crippen LogP contribution in [0.2, 0.25) is 0 Å². The predicted molar refractivity (Wildman–Crippen MR) is 105 cm³/mol. The quantitative estimate of drug-likeness (QED) is 0.800. The molecule has 7 heteroatoms. The van der Waals surface area contributed by atoms with E-state index in [2.05, 4.69) is 44.4 Å². The average molecular weight is 370 g/mol. The molecule has 7 nitrogen and oxygen atoms in total. The Balaban J connectivity index is 1.74. The molecule has 2 N–H and O–H groups in total. The first-order valence-electron chi connectivity index (χ1n) is 9.10. The van der Waals surface area contributed by atoms with Gasteiger partial charge in [0.1, 0.15) is 0 Å². The number of aromatic nitrogens is 1. The fourth-order valence-electron chi connectivity index (χ4n) is 3.18. The SMILES string of the molecule is CN(C)c1ccc(C(CNC(=O)c2ccc(=O)[nH]c2)N2CCOCC2)cc1. The number of H-pyrrole nitrogens is 1. The number of hydrogen-bond donors (Lipinski definition) is 2. The largest absolute Gasteiger partial charge is 0.379 e. The maximum absolute atomic E-state index is 12.4. The Morgan fingerprint density at radius 3 is 2.48 bits per heavy atom. The molecule has 144 valence electrons. The molecule has 0 aliphatic carbocycles. The molecule has 0 spiro atoms. The molecule has 0 bridgehead atoms. The summed E-state index contributed by atoms with van der Waals surface area (Å²) in [4.78, 5) is 30.5. The number of aromatic amines is 1. The standard InChI is InChI=1S/C20H26N4O3/c1-23(2)17-6-3-15(4-7-17)18(24-9-11-27-12-10-24)14-22-20(26)16-5-8-19(25)21-13-16/h3-8,13,18H,9-12,14H2,1-2H3,(H,21,25)(H,22,26). The topological polar surface area (TPSA) is 77.7 Å². The molecule has 2 aromatic rings. The number of morpholine rings is 1. The fourth-order valence-corrected chi connectivity index (χ4v) is 3.18. The van der Waals surface area contributed by atoms with Crippen molar-refractivity contribution in [3.63, 3.8) is 0 Å². The van der Waals surface area contributed by atoms with Crippen molar-refractivity contribution in [1.29, 1.82) is 0 Å². The summed E-state index contributed by atoms with van der Waals surface area (Å²) in [5.41, 5.74) is 2.51. The molecule has 0 saturated carbocycles. The van der Waals surface area contributed by atoms with Crippen molar-refractivity contribution in [2.24, 2.45) is 0 Å². The van der Waals surface area contributed by atoms with Gasteiger partial charge >= 0.3 is 0 Å². The zero-order chi connectivity index (χ0) is 19.2. The Bertz CT molecular complexity index is 790. The van der Waals surface area contributed by atoms with Crippen molar-refractivity contribution in [1.82, 2.24) is 15.2 Å². The lowest BCUT2D eigenvalue weighted by Crippen LogP contribution is -2.43. The van der Waals surface area contributed by atoms with Crippen LogP contribution in [0.25, 0.3) is 0 Å². The number of carbonyl (C=O) groups is 1. The highest BCUT2D eigenvalue weighted by atomic mass is 16.5. The van der Waals surface area contributed by atoms with Gasteiger partial charge < -0.3 is 19.9 Å². The van der Waals surface area contributed by atoms with Crippen LogP contribution in [-0.4, -0.2) is 62.7 Å². The van der Waals surface area contributed by atoms with E-state index in [4.69, 9.17) is 4.74 Å². The second-order valence-corrected chi connectivity index (χ2v) is 6.80. The molecular weight excluding hydrogens is 344 g/mol. The van der Waals surface area contributed by atoms with Crippen LogP contribution in [-0.2, 0) is 4.74 Å². The van der Waals surface area contributed by atoms with Crippen LogP contribution >= 0.6 is 0 Å². The zero-order valence-corrected chi connectivity index (χ0v) is 15.8. The molecule has 1 atom stereocenters. The lowest BCUT2D eigenvalue weighted by atomic mass is 10.0. The molecule has 0 radical (unpaired) electrons. The van der Waals surface area contributed by atoms with E-state index >= 15 is 0 Å². The van der Waals surface area contributed by atoms with Gasteiger partial charge in [-0.05, 0) is 23.8 Å². The number of pyridine rings is 1. The van der Waals surface area contributed by atoms with E-state index in [9.17, 15) is 9.59 Å². The lowest BCUT2D eigenvalue weighted by molar-refractivity contribution is 0.0162. The van der Waals surface area contributed by atoms with Gasteiger partial charge in [0.25, 0.3) is 5.91 Å². The molecular formula is C20H26N4O3. The number of amides is 1. The van der Waals surface area contributed by atoms with Gasteiger partial charge in [0, 0.05) is 51.7 Å². The van der Waals surface area contributed by atoms with Gasteiger partial charge in [-0.3, -0.25) is 14.5 Å². The van der Waals surface area contributed by atoms with E-state index in [1.54, 1.807) is 0 Å². The Morgan fingerprint density at radius 1 is 1.19 bits per heavy atom. The summed E-state index contributed by atoms with van der Waals surface area (Å²) in [6, 6.07) is 11.4. The van der Waals surface area contributed by atoms with Crippen molar-refractivity contribution in [3.05, 3.63) is 64.1 Å². The third kappa shape index (κ3) is 4.96. The highest BCUT2D eigenvalue weighted by molar-refractivity contribution is 5.93. The monoisotopic (exact) mass is 370 g/mol. The summed E-state index contributed by atoms with van der Waals surface area (Å²) in [7, 11) is 4.03. The number of benzene rings is 1. The van der Waals surface area contributed by atoms with Crippen LogP contribution in [0.4, 0.5) is 5.69 Å². The van der Waals surface area contributed by atoms with Crippen molar-refractivity contribution in [2.75, 3.05) is 51.8 Å². The average Bonchev–Trinajstić information content (AvgIpc) is 2.69. The maximum atomic E-state index is 12.4. The molecule has 3 rings (SSSR count). The fraction of sp³-hybridized carbons (Fsp3) is 0.400. The van der Waals surface area contributed by atoms with E-state index in [1.807, 2.05) is 14.1 Å². The second-order valence-electron chi connectivity index (χ2n) is 6.80. The number of anilines is 1. The highest BCUT2D eigenvalue weighted by Gasteiger charge is 2.23. The Morgan fingerprint density at radius 2 is 1.89 bits per heavy atom. The van der Waals surface area contributed by atoms with Crippen LogP contribution in [0, 0.1) is 0 Å². The van der Waals surface area contributed by atoms with Gasteiger partial charge in [-0.1, -0.05) is 12.1 Å². The van der Waals surface area contributed by atoms with Crippen LogP contribution in [0.5, 0.6) is 0 Å². The van der Waals surface area contributed by atoms with E-state index in [0.717, 1.165) is 24.3 Å². The third-order valence-electron chi connectivity index (χ3n) is 4.78. The molecule has 1 saturated heterocycles. The third-order valence-corrected chi connectivity index (χ3v) is 4.78. The zero-order valence-electron chi connectivity index (χ0n) is 15.8. The molecule has 1 aromatic carbocycles. The number of ether oxygens (including phenoxy) is 1. The summed E-state index contributed by atoms with van der Waals surface area (Å²) in [5, 5.41) is 3.00. The summed E-state index contributed by atoms with van der Waals surface area (Å²) >= 11 is 0. The lowest BCUT2D eigenvalue weighted by Gasteiger charge is -2.35. The van der Waals surface area contributed by atoms with Crippen molar-refractivity contribution >= 4 is 11.6 Å². The normalized spacial score (nSPS) is 15.9. The number of rotatable bonds is 6. The molecule has 27 heavy (non-hydrogen) atoms. The Hall–Kier alpha value is -2.64. The van der Waals surface area contributed by atoms with Gasteiger partial charge in [-0.15, -0.1) is 0 Å². The number of nitrogens with zero attached hydrogens (tertiary/aromatic N) is 2. The molecule has 1 aromatic heterocycles. The van der Waals surface area contributed by atoms with Crippen LogP contribution in [0.15, 0.2) is 47.4 Å². The van der Waals surface area contributed by atoms with Gasteiger partial charge in [0.2, 0.25) is 5.56 Å². The van der Waals surface area contributed by atoms with E-state index < -0.39 is 0 Å². The molecule has 1 aliphatic heterocycles. The van der Waals surface area contributed by atoms with E-state index in [1.165, 1.54) is 18.3 Å². The van der Waals surface area contributed by atoms with E-state index in [0.29, 0.717) is 25.3 Å². The predicted octanol–water partition coefficient (Wildman–Crippen LogP) is 1.24. The molecule has 1 aliphatic rings. The van der Waals surface area contributed by atoms with Gasteiger partial charge in [-0.2, -0.15) is 0 Å². The van der Waals surface area contributed by atoms with E-state index in [-0.39, 0.29) is 17.5 Å². The maximum Gasteiger partial charge on any atom is 0.252 e. The highest BCUT2D eigenvalue weighted by Crippen LogP contribution is 2.24. The van der Waals surface area contributed by atoms with Crippen molar-refractivity contribution < 1.29 is 9.53 Å². The van der Waals surface area contributed by atoms with Gasteiger partial charge in [0.05, 0.1) is 24.8 Å². The van der Waals surface area contributed by atoms with Crippen LogP contribution in [0.1, 0.15) is 22.0 Å². The minimum absolute atomic E-state index is 0.0665. The summed E-state index contributed by atoms with van der Waals surface area (Å²) in [6.45, 7) is 3.53.